The number of cyclic esters (lactones) is 1. The quantitative estimate of drug-likeness (QED) is 0.420. The molecule has 1 N–H and O–H groups in total. The summed E-state index contributed by atoms with van der Waals surface area (Å²) in [5, 5.41) is 10.1. The molecule has 0 spiro atoms. The molecular weight excluding hydrogens is 404 g/mol. The van der Waals surface area contributed by atoms with Crippen molar-refractivity contribution in [3.8, 4) is 0 Å². The van der Waals surface area contributed by atoms with Crippen molar-refractivity contribution in [2.24, 2.45) is 22.7 Å². The molecule has 1 aromatic rings. The Kier molecular flexibility index (Phi) is 5.55. The zero-order valence-corrected chi connectivity index (χ0v) is 19.1. The van der Waals surface area contributed by atoms with Crippen molar-refractivity contribution in [3.05, 3.63) is 59.7 Å². The van der Waals surface area contributed by atoms with Crippen molar-refractivity contribution < 1.29 is 24.1 Å². The normalized spacial score (nSPS) is 43.0. The average Bonchev–Trinajstić information content (AvgIpc) is 3.10. The lowest BCUT2D eigenvalue weighted by molar-refractivity contribution is -0.307. The SMILES string of the molecule is C=C1CCC2[C@]3(C)COC(c4ccccc4)O[C@@H]3CC[C@]2(C)[C@H]1CC=C1C(=O)OC[C@H]1O. The van der Waals surface area contributed by atoms with Crippen LogP contribution in [0.3, 0.4) is 0 Å². The second kappa shape index (κ2) is 8.12. The van der Waals surface area contributed by atoms with Gasteiger partial charge in [0.05, 0.1) is 18.3 Å². The van der Waals surface area contributed by atoms with E-state index in [-0.39, 0.29) is 35.7 Å². The lowest BCUT2D eigenvalue weighted by Crippen LogP contribution is -2.60. The highest BCUT2D eigenvalue weighted by Crippen LogP contribution is 2.63. The van der Waals surface area contributed by atoms with Crippen molar-refractivity contribution in [2.75, 3.05) is 13.2 Å². The zero-order chi connectivity index (χ0) is 22.5. The number of fused-ring (bicyclic) bond motifs is 3. The van der Waals surface area contributed by atoms with Gasteiger partial charge in [-0.2, -0.15) is 0 Å². The molecule has 2 saturated carbocycles. The summed E-state index contributed by atoms with van der Waals surface area (Å²) in [6.45, 7) is 9.89. The van der Waals surface area contributed by atoms with Crippen LogP contribution in [0.4, 0.5) is 0 Å². The van der Waals surface area contributed by atoms with E-state index < -0.39 is 12.1 Å². The van der Waals surface area contributed by atoms with Crippen molar-refractivity contribution in [1.29, 1.82) is 0 Å². The number of hydrogen-bond donors (Lipinski definition) is 1. The molecular formula is C27H34O5. The Morgan fingerprint density at radius 1 is 1.19 bits per heavy atom. The molecule has 2 saturated heterocycles. The molecule has 2 aliphatic heterocycles. The van der Waals surface area contributed by atoms with Gasteiger partial charge in [-0.05, 0) is 49.4 Å². The standard InChI is InChI=1S/C27H34O5/c1-17-9-12-22-26(2,20(17)11-10-19-21(28)15-30-24(19)29)14-13-23-27(22,3)16-31-25(32-23)18-7-5-4-6-8-18/h4-8,10,20-23,25,28H,1,9,11-16H2,2-3H3/t20-,21+,22?,23+,25?,26+,27-/m0/s1. The third kappa shape index (κ3) is 3.46. The van der Waals surface area contributed by atoms with E-state index in [1.807, 2.05) is 24.3 Å². The summed E-state index contributed by atoms with van der Waals surface area (Å²) in [4.78, 5) is 12.0. The summed E-state index contributed by atoms with van der Waals surface area (Å²) in [5.41, 5.74) is 2.72. The summed E-state index contributed by atoms with van der Waals surface area (Å²) >= 11 is 0. The van der Waals surface area contributed by atoms with E-state index in [0.717, 1.165) is 31.2 Å². The predicted molar refractivity (Wildman–Crippen MR) is 120 cm³/mol. The van der Waals surface area contributed by atoms with Crippen LogP contribution in [-0.4, -0.2) is 36.5 Å². The number of aliphatic hydroxyl groups excluding tert-OH is 1. The van der Waals surface area contributed by atoms with Gasteiger partial charge in [0.2, 0.25) is 0 Å². The maximum atomic E-state index is 12.0. The van der Waals surface area contributed by atoms with Crippen molar-refractivity contribution in [3.63, 3.8) is 0 Å². The molecule has 2 heterocycles. The molecule has 0 amide bonds. The van der Waals surface area contributed by atoms with Gasteiger partial charge in [0.1, 0.15) is 12.7 Å². The Hall–Kier alpha value is -1.95. The molecule has 5 nitrogen and oxygen atoms in total. The predicted octanol–water partition coefficient (Wildman–Crippen LogP) is 4.72. The van der Waals surface area contributed by atoms with Gasteiger partial charge in [0.15, 0.2) is 6.29 Å². The first kappa shape index (κ1) is 21.9. The Balaban J connectivity index is 1.38. The van der Waals surface area contributed by atoms with Crippen molar-refractivity contribution in [1.82, 2.24) is 0 Å². The number of esters is 1. The van der Waals surface area contributed by atoms with Gasteiger partial charge in [-0.15, -0.1) is 0 Å². The first-order valence-corrected chi connectivity index (χ1v) is 11.9. The molecule has 1 aromatic carbocycles. The van der Waals surface area contributed by atoms with Crippen LogP contribution in [0.2, 0.25) is 0 Å². The Morgan fingerprint density at radius 2 is 1.97 bits per heavy atom. The number of benzene rings is 1. The van der Waals surface area contributed by atoms with E-state index in [0.29, 0.717) is 24.5 Å². The maximum absolute atomic E-state index is 12.0. The number of aliphatic hydroxyl groups is 1. The van der Waals surface area contributed by atoms with E-state index in [4.69, 9.17) is 14.2 Å². The molecule has 0 aromatic heterocycles. The second-order valence-corrected chi connectivity index (χ2v) is 10.5. The molecule has 2 aliphatic carbocycles. The number of allylic oxidation sites excluding steroid dienone is 2. The van der Waals surface area contributed by atoms with Crippen LogP contribution >= 0.6 is 0 Å². The first-order valence-electron chi connectivity index (χ1n) is 11.9. The average molecular weight is 439 g/mol. The van der Waals surface area contributed by atoms with Crippen LogP contribution in [0.5, 0.6) is 0 Å². The summed E-state index contributed by atoms with van der Waals surface area (Å²) in [6, 6.07) is 10.2. The first-order chi connectivity index (χ1) is 15.3. The Morgan fingerprint density at radius 3 is 2.69 bits per heavy atom. The monoisotopic (exact) mass is 438 g/mol. The van der Waals surface area contributed by atoms with E-state index in [1.54, 1.807) is 0 Å². The van der Waals surface area contributed by atoms with Gasteiger partial charge in [-0.1, -0.05) is 62.4 Å². The zero-order valence-electron chi connectivity index (χ0n) is 19.1. The molecule has 0 bridgehead atoms. The van der Waals surface area contributed by atoms with Gasteiger partial charge in [0.25, 0.3) is 0 Å². The number of carbonyl (C=O) groups excluding carboxylic acids is 1. The number of hydrogen-bond acceptors (Lipinski definition) is 5. The number of carbonyl (C=O) groups is 1. The van der Waals surface area contributed by atoms with Gasteiger partial charge in [-0.3, -0.25) is 0 Å². The summed E-state index contributed by atoms with van der Waals surface area (Å²) < 4.78 is 17.9. The van der Waals surface area contributed by atoms with Crippen LogP contribution < -0.4 is 0 Å². The van der Waals surface area contributed by atoms with Crippen LogP contribution in [-0.2, 0) is 19.0 Å². The molecule has 2 unspecified atom stereocenters. The molecule has 7 atom stereocenters. The number of rotatable bonds is 3. The highest BCUT2D eigenvalue weighted by molar-refractivity contribution is 5.91. The Labute approximate surface area is 190 Å². The lowest BCUT2D eigenvalue weighted by Gasteiger charge is -2.62. The second-order valence-electron chi connectivity index (χ2n) is 10.5. The van der Waals surface area contributed by atoms with E-state index in [9.17, 15) is 9.90 Å². The van der Waals surface area contributed by atoms with Crippen LogP contribution in [0, 0.1) is 22.7 Å². The molecule has 4 aliphatic rings. The van der Waals surface area contributed by atoms with Crippen molar-refractivity contribution >= 4 is 5.97 Å². The van der Waals surface area contributed by atoms with Crippen molar-refractivity contribution in [2.45, 2.75) is 64.4 Å². The molecule has 0 radical (unpaired) electrons. The molecule has 5 heteroatoms. The minimum absolute atomic E-state index is 0.0530. The maximum Gasteiger partial charge on any atom is 0.336 e. The molecule has 4 fully saturated rings. The minimum Gasteiger partial charge on any atom is -0.459 e. The third-order valence-electron chi connectivity index (χ3n) is 8.76. The van der Waals surface area contributed by atoms with Gasteiger partial charge in [-0.25, -0.2) is 4.79 Å². The Bertz CT molecular complexity index is 923. The fourth-order valence-electron chi connectivity index (χ4n) is 6.98. The topological polar surface area (TPSA) is 65.0 Å². The van der Waals surface area contributed by atoms with Crippen LogP contribution in [0.15, 0.2) is 54.1 Å². The minimum atomic E-state index is -0.814. The summed E-state index contributed by atoms with van der Waals surface area (Å²) in [7, 11) is 0. The van der Waals surface area contributed by atoms with Gasteiger partial charge in [0, 0.05) is 11.0 Å². The van der Waals surface area contributed by atoms with Gasteiger partial charge >= 0.3 is 5.97 Å². The van der Waals surface area contributed by atoms with Gasteiger partial charge < -0.3 is 19.3 Å². The lowest BCUT2D eigenvalue weighted by atomic mass is 9.46. The fourth-order valence-corrected chi connectivity index (χ4v) is 6.98. The molecule has 32 heavy (non-hydrogen) atoms. The number of ether oxygens (including phenoxy) is 3. The highest BCUT2D eigenvalue weighted by atomic mass is 16.7. The summed E-state index contributed by atoms with van der Waals surface area (Å²) in [5.74, 6) is 0.316. The fraction of sp³-hybridized carbons (Fsp3) is 0.593. The van der Waals surface area contributed by atoms with E-state index >= 15 is 0 Å². The van der Waals surface area contributed by atoms with Crippen LogP contribution in [0.25, 0.3) is 0 Å². The van der Waals surface area contributed by atoms with E-state index in [2.05, 4.69) is 32.6 Å². The molecule has 172 valence electrons. The summed E-state index contributed by atoms with van der Waals surface area (Å²) in [6.07, 6.45) is 5.77. The smallest absolute Gasteiger partial charge is 0.336 e. The van der Waals surface area contributed by atoms with Crippen LogP contribution in [0.1, 0.15) is 57.8 Å². The van der Waals surface area contributed by atoms with E-state index in [1.165, 1.54) is 5.57 Å². The third-order valence-corrected chi connectivity index (χ3v) is 8.76. The largest absolute Gasteiger partial charge is 0.459 e. The molecule has 5 rings (SSSR count). The highest BCUT2D eigenvalue weighted by Gasteiger charge is 2.60.